The number of hydrogen-bond donors (Lipinski definition) is 1. The minimum absolute atomic E-state index is 0.0295. The van der Waals surface area contributed by atoms with Gasteiger partial charge in [0.25, 0.3) is 0 Å². The summed E-state index contributed by atoms with van der Waals surface area (Å²) in [5.74, 6) is -0.752. The summed E-state index contributed by atoms with van der Waals surface area (Å²) in [5.41, 5.74) is -0.805. The van der Waals surface area contributed by atoms with Crippen molar-refractivity contribution in [1.29, 1.82) is 0 Å². The summed E-state index contributed by atoms with van der Waals surface area (Å²) in [5, 5.41) is 9.59. The van der Waals surface area contributed by atoms with Crippen molar-refractivity contribution in [2.75, 3.05) is 26.2 Å². The minimum Gasteiger partial charge on any atom is -0.481 e. The van der Waals surface area contributed by atoms with Gasteiger partial charge in [-0.15, -0.1) is 0 Å². The summed E-state index contributed by atoms with van der Waals surface area (Å²) in [4.78, 5) is 28.5. The minimum atomic E-state index is -0.805. The van der Waals surface area contributed by atoms with Gasteiger partial charge in [-0.1, -0.05) is 26.2 Å². The summed E-state index contributed by atoms with van der Waals surface area (Å²) in [6.45, 7) is 7.62. The molecule has 5 heteroatoms. The second kappa shape index (κ2) is 6.77. The second-order valence-corrected chi connectivity index (χ2v) is 6.64. The zero-order valence-electron chi connectivity index (χ0n) is 13.3. The lowest BCUT2D eigenvalue weighted by Crippen LogP contribution is -2.54. The van der Waals surface area contributed by atoms with Crippen LogP contribution in [0.3, 0.4) is 0 Å². The van der Waals surface area contributed by atoms with E-state index in [1.807, 2.05) is 4.90 Å². The third-order valence-electron chi connectivity index (χ3n) is 5.28. The van der Waals surface area contributed by atoms with Crippen LogP contribution in [0.15, 0.2) is 0 Å². The molecule has 1 atom stereocenters. The van der Waals surface area contributed by atoms with E-state index in [2.05, 4.69) is 18.7 Å². The highest BCUT2D eigenvalue weighted by Gasteiger charge is 2.42. The second-order valence-electron chi connectivity index (χ2n) is 6.64. The number of carbonyl (C=O) groups excluding carboxylic acids is 1. The highest BCUT2D eigenvalue weighted by Crippen LogP contribution is 2.40. The Morgan fingerprint density at radius 2 is 1.86 bits per heavy atom. The fourth-order valence-corrected chi connectivity index (χ4v) is 3.79. The molecule has 1 heterocycles. The first-order valence-electron chi connectivity index (χ1n) is 8.24. The zero-order valence-corrected chi connectivity index (χ0v) is 13.3. The first kappa shape index (κ1) is 16.3. The van der Waals surface area contributed by atoms with E-state index in [9.17, 15) is 14.7 Å². The van der Waals surface area contributed by atoms with Crippen molar-refractivity contribution in [1.82, 2.24) is 9.80 Å². The fraction of sp³-hybridized carbons (Fsp3) is 0.875. The number of carboxylic acid groups (broad SMARTS) is 1. The predicted molar refractivity (Wildman–Crippen MR) is 81.1 cm³/mol. The molecule has 1 amide bonds. The van der Waals surface area contributed by atoms with Gasteiger partial charge in [0.2, 0.25) is 5.91 Å². The van der Waals surface area contributed by atoms with Crippen LogP contribution in [0.2, 0.25) is 0 Å². The van der Waals surface area contributed by atoms with Crippen LogP contribution in [0.25, 0.3) is 0 Å². The molecule has 0 radical (unpaired) electrons. The SMILES string of the molecule is CCN1CCN(C(=O)CC2(C(=O)O)CCCCC2)CC1C. The number of aliphatic carboxylic acids is 1. The van der Waals surface area contributed by atoms with E-state index in [0.717, 1.165) is 45.4 Å². The van der Waals surface area contributed by atoms with E-state index in [1.54, 1.807) is 0 Å². The van der Waals surface area contributed by atoms with Gasteiger partial charge in [0.05, 0.1) is 5.41 Å². The molecule has 120 valence electrons. The summed E-state index contributed by atoms with van der Waals surface area (Å²) >= 11 is 0. The summed E-state index contributed by atoms with van der Waals surface area (Å²) in [6, 6.07) is 0.361. The van der Waals surface area contributed by atoms with Gasteiger partial charge >= 0.3 is 5.97 Å². The molecule has 0 spiro atoms. The quantitative estimate of drug-likeness (QED) is 0.861. The fourth-order valence-electron chi connectivity index (χ4n) is 3.79. The van der Waals surface area contributed by atoms with Crippen molar-refractivity contribution in [3.05, 3.63) is 0 Å². The van der Waals surface area contributed by atoms with Crippen molar-refractivity contribution < 1.29 is 14.7 Å². The van der Waals surface area contributed by atoms with Gasteiger partial charge in [0.1, 0.15) is 0 Å². The third-order valence-corrected chi connectivity index (χ3v) is 5.28. The third kappa shape index (κ3) is 3.57. The van der Waals surface area contributed by atoms with E-state index < -0.39 is 11.4 Å². The molecule has 1 aliphatic heterocycles. The molecule has 1 saturated carbocycles. The molecule has 1 unspecified atom stereocenters. The largest absolute Gasteiger partial charge is 0.481 e. The van der Waals surface area contributed by atoms with E-state index in [4.69, 9.17) is 0 Å². The van der Waals surface area contributed by atoms with E-state index in [-0.39, 0.29) is 12.3 Å². The van der Waals surface area contributed by atoms with Crippen LogP contribution in [0.5, 0.6) is 0 Å². The first-order chi connectivity index (χ1) is 9.98. The van der Waals surface area contributed by atoms with Gasteiger partial charge in [0.15, 0.2) is 0 Å². The smallest absolute Gasteiger partial charge is 0.310 e. The van der Waals surface area contributed by atoms with Crippen LogP contribution in [0, 0.1) is 5.41 Å². The van der Waals surface area contributed by atoms with Crippen molar-refractivity contribution in [2.24, 2.45) is 5.41 Å². The highest BCUT2D eigenvalue weighted by molar-refractivity contribution is 5.85. The first-order valence-corrected chi connectivity index (χ1v) is 8.24. The highest BCUT2D eigenvalue weighted by atomic mass is 16.4. The van der Waals surface area contributed by atoms with Crippen molar-refractivity contribution in [3.8, 4) is 0 Å². The van der Waals surface area contributed by atoms with Crippen LogP contribution in [0.1, 0.15) is 52.4 Å². The lowest BCUT2D eigenvalue weighted by molar-refractivity contribution is -0.156. The van der Waals surface area contributed by atoms with Gasteiger partial charge in [-0.2, -0.15) is 0 Å². The number of carbonyl (C=O) groups is 2. The topological polar surface area (TPSA) is 60.9 Å². The molecular formula is C16H28N2O3. The van der Waals surface area contributed by atoms with Crippen molar-refractivity contribution in [3.63, 3.8) is 0 Å². The summed E-state index contributed by atoms with van der Waals surface area (Å²) < 4.78 is 0. The molecule has 1 saturated heterocycles. The number of nitrogens with zero attached hydrogens (tertiary/aromatic N) is 2. The van der Waals surface area contributed by atoms with E-state index in [0.29, 0.717) is 18.9 Å². The van der Waals surface area contributed by atoms with Crippen molar-refractivity contribution >= 4 is 11.9 Å². The van der Waals surface area contributed by atoms with Crippen molar-refractivity contribution in [2.45, 2.75) is 58.4 Å². The molecule has 2 fully saturated rings. The number of likely N-dealkylation sites (N-methyl/N-ethyl adjacent to an activating group) is 1. The number of rotatable bonds is 4. The lowest BCUT2D eigenvalue weighted by Gasteiger charge is -2.41. The van der Waals surface area contributed by atoms with Crippen LogP contribution >= 0.6 is 0 Å². The van der Waals surface area contributed by atoms with Gasteiger partial charge in [-0.25, -0.2) is 0 Å². The molecule has 2 aliphatic rings. The van der Waals surface area contributed by atoms with Crippen LogP contribution in [-0.4, -0.2) is 59.0 Å². The maximum absolute atomic E-state index is 12.6. The number of piperazine rings is 1. The number of amides is 1. The Kier molecular flexibility index (Phi) is 5.25. The van der Waals surface area contributed by atoms with E-state index >= 15 is 0 Å². The molecular weight excluding hydrogens is 268 g/mol. The average Bonchev–Trinajstić information content (AvgIpc) is 2.47. The number of carboxylic acids is 1. The van der Waals surface area contributed by atoms with Gasteiger partial charge in [-0.3, -0.25) is 14.5 Å². The Labute approximate surface area is 127 Å². The average molecular weight is 296 g/mol. The molecule has 21 heavy (non-hydrogen) atoms. The van der Waals surface area contributed by atoms with Gasteiger partial charge in [0, 0.05) is 32.1 Å². The molecule has 1 N–H and O–H groups in total. The maximum Gasteiger partial charge on any atom is 0.310 e. The molecule has 5 nitrogen and oxygen atoms in total. The molecule has 1 aliphatic carbocycles. The Morgan fingerprint density at radius 1 is 1.19 bits per heavy atom. The Hall–Kier alpha value is -1.10. The molecule has 0 bridgehead atoms. The molecule has 2 rings (SSSR count). The van der Waals surface area contributed by atoms with Gasteiger partial charge < -0.3 is 10.0 Å². The summed E-state index contributed by atoms with van der Waals surface area (Å²) in [6.07, 6.45) is 4.44. The molecule has 0 aromatic heterocycles. The Morgan fingerprint density at radius 3 is 2.38 bits per heavy atom. The normalized spacial score (nSPS) is 26.6. The zero-order chi connectivity index (χ0) is 15.5. The van der Waals surface area contributed by atoms with Crippen LogP contribution in [0.4, 0.5) is 0 Å². The van der Waals surface area contributed by atoms with Crippen LogP contribution < -0.4 is 0 Å². The predicted octanol–water partition coefficient (Wildman–Crippen LogP) is 1.96. The van der Waals surface area contributed by atoms with E-state index in [1.165, 1.54) is 0 Å². The summed E-state index contributed by atoms with van der Waals surface area (Å²) in [7, 11) is 0. The van der Waals surface area contributed by atoms with Gasteiger partial charge in [-0.05, 0) is 26.3 Å². The molecule has 0 aromatic carbocycles. The lowest BCUT2D eigenvalue weighted by atomic mass is 9.71. The Balaban J connectivity index is 1.98. The maximum atomic E-state index is 12.6. The standard InChI is InChI=1S/C16H28N2O3/c1-3-17-9-10-18(12-13(17)2)14(19)11-16(15(20)21)7-5-4-6-8-16/h13H,3-12H2,1-2H3,(H,20,21). The van der Waals surface area contributed by atoms with Crippen LogP contribution in [-0.2, 0) is 9.59 Å². The molecule has 0 aromatic rings. The Bertz CT molecular complexity index is 391. The monoisotopic (exact) mass is 296 g/mol. The number of hydrogen-bond acceptors (Lipinski definition) is 3.